The summed E-state index contributed by atoms with van der Waals surface area (Å²) in [5.41, 5.74) is 0.873. The van der Waals surface area contributed by atoms with Crippen LogP contribution in [0, 0.1) is 0 Å². The molecule has 3 nitrogen and oxygen atoms in total. The van der Waals surface area contributed by atoms with Gasteiger partial charge in [-0.1, -0.05) is 37.3 Å². The lowest BCUT2D eigenvalue weighted by Crippen LogP contribution is -2.43. The summed E-state index contributed by atoms with van der Waals surface area (Å²) in [6.07, 6.45) is 0.187. The summed E-state index contributed by atoms with van der Waals surface area (Å²) in [6, 6.07) is 9.36. The van der Waals surface area contributed by atoms with E-state index < -0.39 is 13.2 Å². The quantitative estimate of drug-likeness (QED) is 0.636. The highest BCUT2D eigenvalue weighted by atomic mass is 16.3. The topological polar surface area (TPSA) is 52.5 Å². The molecule has 0 heterocycles. The van der Waals surface area contributed by atoms with Crippen molar-refractivity contribution in [2.45, 2.75) is 32.3 Å². The van der Waals surface area contributed by atoms with Gasteiger partial charge in [0.05, 0.1) is 6.10 Å². The fourth-order valence-electron chi connectivity index (χ4n) is 1.62. The minimum Gasteiger partial charge on any atom is -0.437 e. The Balaban J connectivity index is 2.69. The number of hydrogen-bond acceptors (Lipinski definition) is 3. The molecule has 0 bridgehead atoms. The van der Waals surface area contributed by atoms with Gasteiger partial charge in [0.2, 0.25) is 0 Å². The third-order valence-electron chi connectivity index (χ3n) is 2.42. The Morgan fingerprint density at radius 3 is 2.40 bits per heavy atom. The van der Waals surface area contributed by atoms with Crippen LogP contribution in [0.4, 0.5) is 0 Å². The molecule has 0 aliphatic heterocycles. The summed E-state index contributed by atoms with van der Waals surface area (Å²) in [7, 11) is -0.603. The van der Waals surface area contributed by atoms with E-state index in [1.54, 1.807) is 6.82 Å². The van der Waals surface area contributed by atoms with E-state index >= 15 is 0 Å². The second kappa shape index (κ2) is 5.90. The molecule has 0 aliphatic carbocycles. The van der Waals surface area contributed by atoms with E-state index in [0.29, 0.717) is 0 Å². The molecule has 0 spiro atoms. The Hall–Kier alpha value is -0.835. The predicted molar refractivity (Wildman–Crippen MR) is 62.5 cm³/mol. The standard InChI is InChI=1S/C11H18BNO2/c1-3-10(13-12(2)15)11(14)9-7-5-4-6-8-9/h4-8,10-11,13-15H,3H2,1-2H3/t10-,11-/m1/s1. The van der Waals surface area contributed by atoms with Crippen molar-refractivity contribution in [2.24, 2.45) is 0 Å². The number of rotatable bonds is 5. The number of hydrogen-bond donors (Lipinski definition) is 3. The van der Waals surface area contributed by atoms with Crippen LogP contribution >= 0.6 is 0 Å². The molecule has 0 fully saturated rings. The molecule has 0 aromatic heterocycles. The zero-order chi connectivity index (χ0) is 11.3. The molecule has 15 heavy (non-hydrogen) atoms. The maximum absolute atomic E-state index is 10.1. The third-order valence-corrected chi connectivity index (χ3v) is 2.42. The predicted octanol–water partition coefficient (Wildman–Crippen LogP) is 1.20. The lowest BCUT2D eigenvalue weighted by atomic mass is 9.85. The highest BCUT2D eigenvalue weighted by Gasteiger charge is 2.20. The van der Waals surface area contributed by atoms with Crippen LogP contribution in [0.15, 0.2) is 30.3 Å². The van der Waals surface area contributed by atoms with Gasteiger partial charge in [-0.15, -0.1) is 0 Å². The maximum Gasteiger partial charge on any atom is 0.373 e. The van der Waals surface area contributed by atoms with Crippen molar-refractivity contribution in [3.8, 4) is 0 Å². The Kier molecular flexibility index (Phi) is 4.82. The van der Waals surface area contributed by atoms with Crippen LogP contribution in [0.25, 0.3) is 0 Å². The first-order valence-electron chi connectivity index (χ1n) is 5.32. The summed E-state index contributed by atoms with van der Waals surface area (Å²) in [5.74, 6) is 0. The van der Waals surface area contributed by atoms with E-state index in [-0.39, 0.29) is 6.04 Å². The number of aliphatic hydroxyl groups is 1. The van der Waals surface area contributed by atoms with Crippen LogP contribution in [0.2, 0.25) is 6.82 Å². The zero-order valence-electron chi connectivity index (χ0n) is 9.22. The fraction of sp³-hybridized carbons (Fsp3) is 0.455. The molecule has 3 N–H and O–H groups in total. The van der Waals surface area contributed by atoms with Crippen molar-refractivity contribution in [3.05, 3.63) is 35.9 Å². The van der Waals surface area contributed by atoms with Crippen molar-refractivity contribution in [2.75, 3.05) is 0 Å². The van der Waals surface area contributed by atoms with Gasteiger partial charge < -0.3 is 15.4 Å². The van der Waals surface area contributed by atoms with Crippen molar-refractivity contribution in [1.29, 1.82) is 0 Å². The number of benzene rings is 1. The molecule has 4 heteroatoms. The smallest absolute Gasteiger partial charge is 0.373 e. The van der Waals surface area contributed by atoms with Crippen LogP contribution < -0.4 is 5.23 Å². The number of nitrogens with one attached hydrogen (secondary N) is 1. The molecule has 0 saturated carbocycles. The van der Waals surface area contributed by atoms with E-state index in [2.05, 4.69) is 5.23 Å². The van der Waals surface area contributed by atoms with Crippen molar-refractivity contribution in [3.63, 3.8) is 0 Å². The average molecular weight is 207 g/mol. The summed E-state index contributed by atoms with van der Waals surface area (Å²) in [5, 5.41) is 22.2. The van der Waals surface area contributed by atoms with Crippen molar-refractivity contribution in [1.82, 2.24) is 5.23 Å². The Labute approximate surface area is 91.3 Å². The minimum absolute atomic E-state index is 0.118. The van der Waals surface area contributed by atoms with E-state index in [9.17, 15) is 10.1 Å². The highest BCUT2D eigenvalue weighted by Crippen LogP contribution is 2.18. The molecule has 0 saturated heterocycles. The zero-order valence-corrected chi connectivity index (χ0v) is 9.22. The first-order chi connectivity index (χ1) is 7.15. The Morgan fingerprint density at radius 1 is 1.33 bits per heavy atom. The van der Waals surface area contributed by atoms with Crippen LogP contribution in [-0.4, -0.2) is 23.2 Å². The van der Waals surface area contributed by atoms with Crippen LogP contribution in [0.5, 0.6) is 0 Å². The van der Waals surface area contributed by atoms with Gasteiger partial charge in [-0.25, -0.2) is 0 Å². The summed E-state index contributed by atoms with van der Waals surface area (Å²) in [6.45, 7) is 3.63. The minimum atomic E-state index is -0.603. The van der Waals surface area contributed by atoms with Crippen molar-refractivity contribution >= 4 is 7.05 Å². The highest BCUT2D eigenvalue weighted by molar-refractivity contribution is 6.45. The van der Waals surface area contributed by atoms with Gasteiger partial charge in [0.15, 0.2) is 0 Å². The normalized spacial score (nSPS) is 14.7. The lowest BCUT2D eigenvalue weighted by Gasteiger charge is -2.23. The van der Waals surface area contributed by atoms with Crippen molar-refractivity contribution < 1.29 is 10.1 Å². The molecule has 0 amide bonds. The molecule has 1 rings (SSSR count). The fourth-order valence-corrected chi connectivity index (χ4v) is 1.62. The van der Waals surface area contributed by atoms with E-state index in [1.165, 1.54) is 0 Å². The van der Waals surface area contributed by atoms with Crippen LogP contribution in [0.3, 0.4) is 0 Å². The first-order valence-corrected chi connectivity index (χ1v) is 5.32. The maximum atomic E-state index is 10.1. The SMILES string of the molecule is CC[C@@H](NB(C)O)[C@H](O)c1ccccc1. The molecule has 0 radical (unpaired) electrons. The second-order valence-corrected chi connectivity index (χ2v) is 3.71. The van der Waals surface area contributed by atoms with Crippen LogP contribution in [-0.2, 0) is 0 Å². The largest absolute Gasteiger partial charge is 0.437 e. The average Bonchev–Trinajstić information content (AvgIpc) is 2.26. The molecular weight excluding hydrogens is 189 g/mol. The van der Waals surface area contributed by atoms with Gasteiger partial charge >= 0.3 is 7.05 Å². The first kappa shape index (κ1) is 12.2. The van der Waals surface area contributed by atoms with Gasteiger partial charge in [-0.05, 0) is 18.8 Å². The molecule has 2 atom stereocenters. The Morgan fingerprint density at radius 2 is 1.93 bits per heavy atom. The van der Waals surface area contributed by atoms with E-state index in [0.717, 1.165) is 12.0 Å². The van der Waals surface area contributed by atoms with Gasteiger partial charge in [0.1, 0.15) is 0 Å². The van der Waals surface area contributed by atoms with E-state index in [4.69, 9.17) is 0 Å². The molecule has 1 aromatic carbocycles. The summed E-state index contributed by atoms with van der Waals surface area (Å²) < 4.78 is 0. The summed E-state index contributed by atoms with van der Waals surface area (Å²) >= 11 is 0. The summed E-state index contributed by atoms with van der Waals surface area (Å²) in [4.78, 5) is 0. The monoisotopic (exact) mass is 207 g/mol. The van der Waals surface area contributed by atoms with Gasteiger partial charge in [0, 0.05) is 6.04 Å². The Bertz CT molecular complexity index is 279. The van der Waals surface area contributed by atoms with Gasteiger partial charge in [0.25, 0.3) is 0 Å². The van der Waals surface area contributed by atoms with Gasteiger partial charge in [-0.3, -0.25) is 0 Å². The van der Waals surface area contributed by atoms with Crippen LogP contribution in [0.1, 0.15) is 25.0 Å². The van der Waals surface area contributed by atoms with E-state index in [1.807, 2.05) is 37.3 Å². The van der Waals surface area contributed by atoms with Gasteiger partial charge in [-0.2, -0.15) is 0 Å². The molecule has 0 aliphatic rings. The molecule has 0 unspecified atom stereocenters. The molecule has 1 aromatic rings. The second-order valence-electron chi connectivity index (χ2n) is 3.71. The third kappa shape index (κ3) is 3.66. The molecule has 82 valence electrons. The molecular formula is C11H18BNO2. The lowest BCUT2D eigenvalue weighted by molar-refractivity contribution is 0.134. The number of aliphatic hydroxyl groups excluding tert-OH is 1.